The molecule has 0 spiro atoms. The van der Waals surface area contributed by atoms with Gasteiger partial charge in [0.05, 0.1) is 0 Å². The summed E-state index contributed by atoms with van der Waals surface area (Å²) in [7, 11) is 0. The number of thiophene rings is 1. The summed E-state index contributed by atoms with van der Waals surface area (Å²) < 4.78 is 4.08. The van der Waals surface area contributed by atoms with Gasteiger partial charge in [0.1, 0.15) is 0 Å². The Hall–Kier alpha value is -3.41. The van der Waals surface area contributed by atoms with E-state index in [9.17, 15) is 0 Å². The molecule has 4 aromatic carbocycles. The van der Waals surface area contributed by atoms with Crippen molar-refractivity contribution in [3.05, 3.63) is 138 Å². The molecule has 0 N–H and O–H groups in total. The fourth-order valence-electron chi connectivity index (χ4n) is 9.08. The molecule has 3 saturated carbocycles. The van der Waals surface area contributed by atoms with Gasteiger partial charge in [-0.1, -0.05) is 59.7 Å². The van der Waals surface area contributed by atoms with Crippen LogP contribution in [-0.4, -0.2) is 23.2 Å². The molecule has 1 unspecified atom stereocenters. The maximum Gasteiger partial charge on any atom is 0 e. The first-order valence-electron chi connectivity index (χ1n) is 19.4. The van der Waals surface area contributed by atoms with Crippen molar-refractivity contribution >= 4 is 49.2 Å². The number of hydrogen-bond donors (Lipinski definition) is 0. The van der Waals surface area contributed by atoms with Gasteiger partial charge >= 0.3 is 99.8 Å². The van der Waals surface area contributed by atoms with Crippen LogP contribution in [0.15, 0.2) is 103 Å². The molecule has 10 rings (SSSR count). The van der Waals surface area contributed by atoms with Gasteiger partial charge in [-0.2, -0.15) is 11.3 Å². The average Bonchev–Trinajstić information content (AvgIpc) is 3.54. The van der Waals surface area contributed by atoms with Crippen molar-refractivity contribution in [2.45, 2.75) is 76.6 Å². The number of fused-ring (bicyclic) bond motifs is 6. The molecule has 1 radical (unpaired) electrons. The number of aryl methyl sites for hydroxylation is 3. The molecule has 7 aromatic rings. The Balaban J connectivity index is 0.000000223. The summed E-state index contributed by atoms with van der Waals surface area (Å²) in [6, 6.07) is 39.5. The van der Waals surface area contributed by atoms with Crippen LogP contribution in [0.2, 0.25) is 17.3 Å². The second-order valence-corrected chi connectivity index (χ2v) is 28.4. The molecule has 0 saturated heterocycles. The Morgan fingerprint density at radius 3 is 2.22 bits per heavy atom. The first kappa shape index (κ1) is 38.9. The molecule has 2 bridgehead atoms. The Morgan fingerprint density at radius 1 is 0.759 bits per heavy atom. The molecular weight excluding hydrogens is 913 g/mol. The van der Waals surface area contributed by atoms with Gasteiger partial charge in [-0.15, -0.1) is 23.8 Å². The molecule has 0 amide bonds. The van der Waals surface area contributed by atoms with E-state index >= 15 is 0 Å². The molecule has 0 aliphatic heterocycles. The zero-order chi connectivity index (χ0) is 36.7. The Morgan fingerprint density at radius 2 is 1.56 bits per heavy atom. The van der Waals surface area contributed by atoms with E-state index in [2.05, 4.69) is 122 Å². The summed E-state index contributed by atoms with van der Waals surface area (Å²) in [6.07, 6.45) is 12.5. The predicted octanol–water partition coefficient (Wildman–Crippen LogP) is 13.0. The summed E-state index contributed by atoms with van der Waals surface area (Å²) in [4.78, 5) is 9.37. The molecule has 1 atom stereocenters. The van der Waals surface area contributed by atoms with Crippen LogP contribution in [0.4, 0.5) is 0 Å². The van der Waals surface area contributed by atoms with E-state index in [4.69, 9.17) is 4.98 Å². The molecule has 277 valence electrons. The maximum atomic E-state index is 4.84. The summed E-state index contributed by atoms with van der Waals surface area (Å²) in [5, 5.41) is 2.64. The van der Waals surface area contributed by atoms with Crippen molar-refractivity contribution in [3.8, 4) is 33.6 Å². The van der Waals surface area contributed by atoms with E-state index in [0.717, 1.165) is 40.3 Å². The Bertz CT molecular complexity index is 2360. The number of hydrogen-bond acceptors (Lipinski definition) is 3. The first-order valence-corrected chi connectivity index (χ1v) is 27.6. The minimum atomic E-state index is -1.72. The average molecular weight is 964 g/mol. The third kappa shape index (κ3) is 8.24. The van der Waals surface area contributed by atoms with Gasteiger partial charge in [-0.05, 0) is 114 Å². The second kappa shape index (κ2) is 16.4. The smallest absolute Gasteiger partial charge is 0 e. The van der Waals surface area contributed by atoms with E-state index in [-0.39, 0.29) is 20.1 Å². The number of pyridine rings is 2. The van der Waals surface area contributed by atoms with E-state index in [1.165, 1.54) is 96.5 Å². The molecule has 3 aromatic heterocycles. The summed E-state index contributed by atoms with van der Waals surface area (Å²) in [6.45, 7) is 6.64. The summed E-state index contributed by atoms with van der Waals surface area (Å²) in [5.41, 5.74) is 12.4. The van der Waals surface area contributed by atoms with Gasteiger partial charge in [-0.25, -0.2) is 0 Å². The molecule has 2 nitrogen and oxygen atoms in total. The Labute approximate surface area is 342 Å². The third-order valence-corrected chi connectivity index (χ3v) is 17.2. The van der Waals surface area contributed by atoms with Crippen LogP contribution in [0, 0.1) is 50.7 Å². The molecule has 3 fully saturated rings. The standard InChI is InChI=1S/C35H34NS.C14H16GeN.Ir/c1-21-15-22(2)34(23(3)16-21)27-11-12-29-30-5-4-6-31(35(30)37-33(29)20-27)32-19-25(13-14-36-32)18-28-17-24-7-9-26(28)10-8-24;1-15(2,3)13-9-10-14(16-11-13)12-7-5-4-6-8-12;/h4-5,11-16,19-20,24,26,28H,7-10,17-18H2,1-3H3;4-7,9-11H,1-3H3;/q2*-1;. The fraction of sp³-hybridized carbons (Fsp3) is 0.306. The van der Waals surface area contributed by atoms with Gasteiger partial charge in [-0.3, -0.25) is 0 Å². The largest absolute Gasteiger partial charge is 0 e. The number of aromatic nitrogens is 2. The summed E-state index contributed by atoms with van der Waals surface area (Å²) in [5.74, 6) is 9.92. The van der Waals surface area contributed by atoms with Crippen LogP contribution in [0.3, 0.4) is 0 Å². The van der Waals surface area contributed by atoms with E-state index < -0.39 is 13.3 Å². The monoisotopic (exact) mass is 965 g/mol. The van der Waals surface area contributed by atoms with Crippen LogP contribution in [0.1, 0.15) is 54.4 Å². The van der Waals surface area contributed by atoms with Crippen LogP contribution >= 0.6 is 11.3 Å². The van der Waals surface area contributed by atoms with Gasteiger partial charge in [0.15, 0.2) is 0 Å². The van der Waals surface area contributed by atoms with Gasteiger partial charge < -0.3 is 4.98 Å². The zero-order valence-corrected chi connectivity index (χ0v) is 37.7. The van der Waals surface area contributed by atoms with Crippen molar-refractivity contribution in [1.82, 2.24) is 9.97 Å². The van der Waals surface area contributed by atoms with Crippen LogP contribution in [-0.2, 0) is 26.5 Å². The topological polar surface area (TPSA) is 25.8 Å². The zero-order valence-electron chi connectivity index (χ0n) is 32.4. The summed E-state index contributed by atoms with van der Waals surface area (Å²) >= 11 is 0.171. The van der Waals surface area contributed by atoms with E-state index in [1.54, 1.807) is 0 Å². The van der Waals surface area contributed by atoms with E-state index in [0.29, 0.717) is 0 Å². The SMILES string of the molecule is Cc1cc(C)c(-c2ccc3c(c2)sc2c(-c4cc(CC5CC6CCC5CC6)ccn4)[c-]ccc23)c(C)c1.[CH3][Ge]([CH3])([CH3])[c]1ccc(-c2[c-]cccc2)nc1.[Ir]. The van der Waals surface area contributed by atoms with Crippen molar-refractivity contribution in [3.63, 3.8) is 0 Å². The quantitative estimate of drug-likeness (QED) is 0.123. The maximum absolute atomic E-state index is 4.84. The van der Waals surface area contributed by atoms with Crippen molar-refractivity contribution < 1.29 is 20.1 Å². The molecule has 3 aliphatic rings. The molecule has 5 heteroatoms. The second-order valence-electron chi connectivity index (χ2n) is 16.7. The third-order valence-electron chi connectivity index (χ3n) is 11.8. The van der Waals surface area contributed by atoms with Gasteiger partial charge in [0, 0.05) is 31.0 Å². The molecule has 3 heterocycles. The van der Waals surface area contributed by atoms with Crippen molar-refractivity contribution in [2.75, 3.05) is 0 Å². The Kier molecular flexibility index (Phi) is 11.8. The fourth-order valence-corrected chi connectivity index (χ4v) is 12.5. The number of nitrogens with zero attached hydrogens (tertiary/aromatic N) is 2. The number of benzene rings is 4. The minimum Gasteiger partial charge on any atom is 0 e. The van der Waals surface area contributed by atoms with Crippen LogP contribution in [0.5, 0.6) is 0 Å². The first-order chi connectivity index (χ1) is 25.6. The number of rotatable bonds is 6. The van der Waals surface area contributed by atoms with E-state index in [1.807, 2.05) is 48.0 Å². The molecular formula is C49H50GeIrN2S-2. The van der Waals surface area contributed by atoms with Crippen molar-refractivity contribution in [1.29, 1.82) is 0 Å². The van der Waals surface area contributed by atoms with Crippen LogP contribution < -0.4 is 4.40 Å². The molecule has 54 heavy (non-hydrogen) atoms. The van der Waals surface area contributed by atoms with Crippen molar-refractivity contribution in [2.24, 2.45) is 17.8 Å². The van der Waals surface area contributed by atoms with Gasteiger partial charge in [0.2, 0.25) is 0 Å². The minimum absolute atomic E-state index is 0. The normalized spacial score (nSPS) is 17.9. The molecule has 3 aliphatic carbocycles. The predicted molar refractivity (Wildman–Crippen MR) is 230 cm³/mol. The van der Waals surface area contributed by atoms with Crippen LogP contribution in [0.25, 0.3) is 53.8 Å². The van der Waals surface area contributed by atoms with Gasteiger partial charge in [0.25, 0.3) is 0 Å².